The van der Waals surface area contributed by atoms with E-state index in [-0.39, 0.29) is 0 Å². The van der Waals surface area contributed by atoms with Crippen molar-refractivity contribution in [1.29, 1.82) is 0 Å². The smallest absolute Gasteiger partial charge is 0.125 e. The first-order valence-corrected chi connectivity index (χ1v) is 7.65. The standard InChI is InChI=1S/C15H18BrN3O/c1-19-7-6-17-15(19)10-18-13-3-2-8-20-14-9-11(16)4-5-12(13)14/h4-7,9,13,18H,2-3,8,10H2,1H3. The van der Waals surface area contributed by atoms with Crippen molar-refractivity contribution >= 4 is 15.9 Å². The highest BCUT2D eigenvalue weighted by atomic mass is 79.9. The molecule has 0 radical (unpaired) electrons. The summed E-state index contributed by atoms with van der Waals surface area (Å²) in [5.74, 6) is 2.03. The van der Waals surface area contributed by atoms with Crippen LogP contribution in [-0.2, 0) is 13.6 Å². The Balaban J connectivity index is 1.78. The third kappa shape index (κ3) is 2.88. The second-order valence-electron chi connectivity index (χ2n) is 5.06. The third-order valence-corrected chi connectivity index (χ3v) is 4.17. The minimum absolute atomic E-state index is 0.317. The topological polar surface area (TPSA) is 39.1 Å². The normalized spacial score (nSPS) is 18.2. The molecule has 1 aliphatic rings. The van der Waals surface area contributed by atoms with Crippen LogP contribution in [0, 0.1) is 0 Å². The quantitative estimate of drug-likeness (QED) is 0.936. The summed E-state index contributed by atoms with van der Waals surface area (Å²) in [7, 11) is 2.02. The van der Waals surface area contributed by atoms with Gasteiger partial charge in [0, 0.05) is 35.5 Å². The molecule has 0 aliphatic carbocycles. The third-order valence-electron chi connectivity index (χ3n) is 3.67. The fourth-order valence-electron chi connectivity index (χ4n) is 2.54. The van der Waals surface area contributed by atoms with Crippen LogP contribution in [0.15, 0.2) is 35.1 Å². The first kappa shape index (κ1) is 13.6. The van der Waals surface area contributed by atoms with E-state index in [0.29, 0.717) is 6.04 Å². The van der Waals surface area contributed by atoms with Crippen LogP contribution in [0.2, 0.25) is 0 Å². The molecule has 1 unspecified atom stereocenters. The van der Waals surface area contributed by atoms with Crippen molar-refractivity contribution in [2.75, 3.05) is 6.61 Å². The van der Waals surface area contributed by atoms with Gasteiger partial charge < -0.3 is 14.6 Å². The first-order valence-electron chi connectivity index (χ1n) is 6.86. The zero-order valence-corrected chi connectivity index (χ0v) is 13.1. The van der Waals surface area contributed by atoms with Crippen molar-refractivity contribution in [2.45, 2.75) is 25.4 Å². The molecule has 20 heavy (non-hydrogen) atoms. The Morgan fingerprint density at radius 1 is 1.50 bits per heavy atom. The Labute approximate surface area is 127 Å². The van der Waals surface area contributed by atoms with E-state index in [0.717, 1.165) is 42.0 Å². The maximum atomic E-state index is 5.83. The van der Waals surface area contributed by atoms with Gasteiger partial charge in [0.15, 0.2) is 0 Å². The highest BCUT2D eigenvalue weighted by Gasteiger charge is 2.19. The molecule has 0 fully saturated rings. The molecule has 0 saturated carbocycles. The average molecular weight is 336 g/mol. The number of benzene rings is 1. The zero-order chi connectivity index (χ0) is 13.9. The molecule has 2 aromatic rings. The average Bonchev–Trinajstić information content (AvgIpc) is 2.73. The molecule has 5 heteroatoms. The Kier molecular flexibility index (Phi) is 4.08. The van der Waals surface area contributed by atoms with Gasteiger partial charge in [0.2, 0.25) is 0 Å². The second kappa shape index (κ2) is 5.97. The van der Waals surface area contributed by atoms with Gasteiger partial charge in [-0.15, -0.1) is 0 Å². The molecule has 1 aromatic carbocycles. The monoisotopic (exact) mass is 335 g/mol. The van der Waals surface area contributed by atoms with Crippen molar-refractivity contribution in [1.82, 2.24) is 14.9 Å². The predicted molar refractivity (Wildman–Crippen MR) is 81.7 cm³/mol. The second-order valence-corrected chi connectivity index (χ2v) is 5.98. The van der Waals surface area contributed by atoms with Crippen LogP contribution in [-0.4, -0.2) is 16.2 Å². The number of ether oxygens (including phenoxy) is 1. The Bertz CT molecular complexity index is 597. The number of imidazole rings is 1. The molecule has 0 spiro atoms. The summed E-state index contributed by atoms with van der Waals surface area (Å²) in [5, 5.41) is 3.60. The van der Waals surface area contributed by atoms with Gasteiger partial charge in [0.1, 0.15) is 11.6 Å². The van der Waals surface area contributed by atoms with Gasteiger partial charge in [-0.25, -0.2) is 4.98 Å². The van der Waals surface area contributed by atoms with Gasteiger partial charge in [-0.3, -0.25) is 0 Å². The van der Waals surface area contributed by atoms with Crippen molar-refractivity contribution < 1.29 is 4.74 Å². The summed E-state index contributed by atoms with van der Waals surface area (Å²) in [5.41, 5.74) is 1.24. The lowest BCUT2D eigenvalue weighted by Gasteiger charge is -2.18. The van der Waals surface area contributed by atoms with Crippen LogP contribution in [0.25, 0.3) is 0 Å². The molecule has 1 atom stereocenters. The van der Waals surface area contributed by atoms with Gasteiger partial charge in [-0.2, -0.15) is 0 Å². The van der Waals surface area contributed by atoms with E-state index >= 15 is 0 Å². The number of nitrogens with one attached hydrogen (secondary N) is 1. The van der Waals surface area contributed by atoms with Crippen LogP contribution >= 0.6 is 15.9 Å². The minimum atomic E-state index is 0.317. The van der Waals surface area contributed by atoms with Crippen molar-refractivity contribution in [3.05, 3.63) is 46.5 Å². The number of fused-ring (bicyclic) bond motifs is 1. The number of hydrogen-bond donors (Lipinski definition) is 1. The van der Waals surface area contributed by atoms with Gasteiger partial charge in [-0.1, -0.05) is 22.0 Å². The lowest BCUT2D eigenvalue weighted by Crippen LogP contribution is -2.22. The van der Waals surface area contributed by atoms with Crippen LogP contribution in [0.5, 0.6) is 5.75 Å². The number of aryl methyl sites for hydroxylation is 1. The van der Waals surface area contributed by atoms with E-state index < -0.39 is 0 Å². The van der Waals surface area contributed by atoms with Gasteiger partial charge in [-0.05, 0) is 25.0 Å². The summed E-state index contributed by atoms with van der Waals surface area (Å²) in [6.07, 6.45) is 5.94. The SMILES string of the molecule is Cn1ccnc1CNC1CCCOc2cc(Br)ccc21. The van der Waals surface area contributed by atoms with E-state index in [1.807, 2.05) is 24.0 Å². The van der Waals surface area contributed by atoms with E-state index in [4.69, 9.17) is 4.74 Å². The number of nitrogens with zero attached hydrogens (tertiary/aromatic N) is 2. The molecule has 0 bridgehead atoms. The molecule has 1 aliphatic heterocycles. The Hall–Kier alpha value is -1.33. The molecule has 0 amide bonds. The molecular formula is C15H18BrN3O. The fourth-order valence-corrected chi connectivity index (χ4v) is 2.88. The van der Waals surface area contributed by atoms with Crippen LogP contribution in [0.4, 0.5) is 0 Å². The van der Waals surface area contributed by atoms with Crippen molar-refractivity contribution in [2.24, 2.45) is 7.05 Å². The van der Waals surface area contributed by atoms with Gasteiger partial charge in [0.25, 0.3) is 0 Å². The molecule has 106 valence electrons. The summed E-state index contributed by atoms with van der Waals surface area (Å²) in [6.45, 7) is 1.55. The number of halogens is 1. The number of hydrogen-bond acceptors (Lipinski definition) is 3. The van der Waals surface area contributed by atoms with Crippen molar-refractivity contribution in [3.8, 4) is 5.75 Å². The number of rotatable bonds is 3. The summed E-state index contributed by atoms with van der Waals surface area (Å²) in [4.78, 5) is 4.36. The zero-order valence-electron chi connectivity index (χ0n) is 11.5. The highest BCUT2D eigenvalue weighted by Crippen LogP contribution is 2.33. The molecule has 2 heterocycles. The predicted octanol–water partition coefficient (Wildman–Crippen LogP) is 3.19. The molecule has 3 rings (SSSR count). The molecule has 4 nitrogen and oxygen atoms in total. The van der Waals surface area contributed by atoms with Crippen LogP contribution in [0.1, 0.15) is 30.3 Å². The van der Waals surface area contributed by atoms with E-state index in [1.54, 1.807) is 0 Å². The van der Waals surface area contributed by atoms with E-state index in [1.165, 1.54) is 5.56 Å². The van der Waals surface area contributed by atoms with Crippen LogP contribution in [0.3, 0.4) is 0 Å². The summed E-state index contributed by atoms with van der Waals surface area (Å²) < 4.78 is 8.93. The largest absolute Gasteiger partial charge is 0.493 e. The summed E-state index contributed by atoms with van der Waals surface area (Å²) in [6, 6.07) is 6.58. The maximum absolute atomic E-state index is 5.83. The van der Waals surface area contributed by atoms with Crippen molar-refractivity contribution in [3.63, 3.8) is 0 Å². The molecule has 0 saturated heterocycles. The fraction of sp³-hybridized carbons (Fsp3) is 0.400. The minimum Gasteiger partial charge on any atom is -0.493 e. The number of aromatic nitrogens is 2. The Morgan fingerprint density at radius 2 is 2.40 bits per heavy atom. The molecule has 1 N–H and O–H groups in total. The van der Waals surface area contributed by atoms with E-state index in [2.05, 4.69) is 44.4 Å². The first-order chi connectivity index (χ1) is 9.74. The van der Waals surface area contributed by atoms with Gasteiger partial charge in [0.05, 0.1) is 13.2 Å². The lowest BCUT2D eigenvalue weighted by molar-refractivity contribution is 0.315. The van der Waals surface area contributed by atoms with Gasteiger partial charge >= 0.3 is 0 Å². The van der Waals surface area contributed by atoms with E-state index in [9.17, 15) is 0 Å². The Morgan fingerprint density at radius 3 is 3.20 bits per heavy atom. The van der Waals surface area contributed by atoms with Crippen LogP contribution < -0.4 is 10.1 Å². The molecular weight excluding hydrogens is 318 g/mol. The lowest BCUT2D eigenvalue weighted by atomic mass is 10.0. The highest BCUT2D eigenvalue weighted by molar-refractivity contribution is 9.10. The molecule has 1 aromatic heterocycles. The maximum Gasteiger partial charge on any atom is 0.125 e. The summed E-state index contributed by atoms with van der Waals surface area (Å²) >= 11 is 3.50.